The molecule has 4 rings (SSSR count). The van der Waals surface area contributed by atoms with Crippen molar-refractivity contribution in [2.45, 2.75) is 12.8 Å². The zero-order valence-electron chi connectivity index (χ0n) is 14.9. The van der Waals surface area contributed by atoms with Gasteiger partial charge in [0.15, 0.2) is 0 Å². The number of carboxylic acids is 1. The van der Waals surface area contributed by atoms with Crippen molar-refractivity contribution in [1.82, 2.24) is 14.5 Å². The molecule has 7 heteroatoms. The maximum absolute atomic E-state index is 11.6. The zero-order valence-corrected chi connectivity index (χ0v) is 15.7. The molecule has 0 amide bonds. The van der Waals surface area contributed by atoms with Crippen molar-refractivity contribution in [3.63, 3.8) is 0 Å². The van der Waals surface area contributed by atoms with Crippen molar-refractivity contribution in [2.24, 2.45) is 0 Å². The normalized spacial score (nSPS) is 12.1. The molecule has 28 heavy (non-hydrogen) atoms. The third kappa shape index (κ3) is 3.30. The summed E-state index contributed by atoms with van der Waals surface area (Å²) in [6.07, 6.45) is 3.38. The van der Waals surface area contributed by atoms with E-state index in [-0.39, 0.29) is 11.8 Å². The molecule has 2 aromatic carbocycles. The van der Waals surface area contributed by atoms with Crippen LogP contribution in [0.15, 0.2) is 71.4 Å². The summed E-state index contributed by atoms with van der Waals surface area (Å²) in [5.74, 6) is -0.931. The smallest absolute Gasteiger partial charge is 0.314 e. The van der Waals surface area contributed by atoms with Gasteiger partial charge in [0.1, 0.15) is 23.2 Å². The van der Waals surface area contributed by atoms with Gasteiger partial charge in [-0.25, -0.2) is 4.98 Å². The van der Waals surface area contributed by atoms with E-state index in [2.05, 4.69) is 9.97 Å². The molecule has 6 nitrogen and oxygen atoms in total. The lowest BCUT2D eigenvalue weighted by Gasteiger charge is -2.05. The summed E-state index contributed by atoms with van der Waals surface area (Å²) in [7, 11) is 0. The van der Waals surface area contributed by atoms with Crippen LogP contribution in [0.4, 0.5) is 0 Å². The first kappa shape index (κ1) is 18.0. The maximum Gasteiger partial charge on any atom is 0.314 e. The van der Waals surface area contributed by atoms with Crippen molar-refractivity contribution in [2.75, 3.05) is 0 Å². The number of carbonyl (C=O) groups is 1. The van der Waals surface area contributed by atoms with Crippen LogP contribution in [-0.4, -0.2) is 25.6 Å². The molecule has 0 spiro atoms. The molecule has 4 aromatic rings. The van der Waals surface area contributed by atoms with Crippen LogP contribution in [0.5, 0.6) is 0 Å². The Kier molecular flexibility index (Phi) is 4.71. The topological polar surface area (TPSA) is 81.1 Å². The minimum absolute atomic E-state index is 0.254. The monoisotopic (exact) mass is 393 g/mol. The standard InChI is InChI=1S/C21H16ClN3O3/c1-13(20(26)27)18-17(14-7-9-16(22)10-8-14)24-21(28-18)25-12-11-23-19(25)15-5-3-2-4-6-15/h2-13H,1H3,(H,26,27). The Hall–Kier alpha value is -3.38. The molecule has 0 fully saturated rings. The van der Waals surface area contributed by atoms with Crippen molar-refractivity contribution in [3.8, 4) is 28.7 Å². The van der Waals surface area contributed by atoms with E-state index in [1.54, 1.807) is 48.1 Å². The van der Waals surface area contributed by atoms with E-state index in [0.717, 1.165) is 11.1 Å². The first-order valence-electron chi connectivity index (χ1n) is 8.63. The Morgan fingerprint density at radius 1 is 1.11 bits per heavy atom. The Morgan fingerprint density at radius 2 is 1.82 bits per heavy atom. The third-order valence-corrected chi connectivity index (χ3v) is 4.65. The summed E-state index contributed by atoms with van der Waals surface area (Å²) in [5.41, 5.74) is 2.09. The summed E-state index contributed by atoms with van der Waals surface area (Å²) in [4.78, 5) is 20.6. The van der Waals surface area contributed by atoms with Crippen molar-refractivity contribution in [3.05, 3.63) is 77.8 Å². The average Bonchev–Trinajstić information content (AvgIpc) is 3.36. The third-order valence-electron chi connectivity index (χ3n) is 4.40. The molecule has 0 bridgehead atoms. The van der Waals surface area contributed by atoms with Crippen LogP contribution in [0.3, 0.4) is 0 Å². The number of aromatic nitrogens is 3. The number of aliphatic carboxylic acids is 1. The summed E-state index contributed by atoms with van der Waals surface area (Å²) < 4.78 is 7.63. The Bertz CT molecular complexity index is 1120. The molecule has 1 unspecified atom stereocenters. The van der Waals surface area contributed by atoms with Crippen LogP contribution in [0.2, 0.25) is 5.02 Å². The van der Waals surface area contributed by atoms with Gasteiger partial charge < -0.3 is 9.52 Å². The number of halogens is 1. The van der Waals surface area contributed by atoms with E-state index in [4.69, 9.17) is 16.0 Å². The van der Waals surface area contributed by atoms with Gasteiger partial charge in [-0.05, 0) is 19.1 Å². The van der Waals surface area contributed by atoms with Gasteiger partial charge in [0.25, 0.3) is 0 Å². The molecule has 0 aliphatic rings. The second kappa shape index (κ2) is 7.32. The van der Waals surface area contributed by atoms with Crippen LogP contribution in [0.25, 0.3) is 28.7 Å². The predicted molar refractivity (Wildman–Crippen MR) is 106 cm³/mol. The number of rotatable bonds is 5. The maximum atomic E-state index is 11.6. The lowest BCUT2D eigenvalue weighted by molar-refractivity contribution is -0.138. The molecule has 2 heterocycles. The fourth-order valence-electron chi connectivity index (χ4n) is 2.90. The Labute approximate surface area is 166 Å². The molecule has 0 saturated carbocycles. The van der Waals surface area contributed by atoms with Crippen molar-refractivity contribution in [1.29, 1.82) is 0 Å². The molecule has 0 aliphatic heterocycles. The first-order valence-corrected chi connectivity index (χ1v) is 9.01. The number of oxazole rings is 1. The van der Waals surface area contributed by atoms with E-state index in [9.17, 15) is 9.90 Å². The lowest BCUT2D eigenvalue weighted by atomic mass is 10.0. The second-order valence-electron chi connectivity index (χ2n) is 6.26. The summed E-state index contributed by atoms with van der Waals surface area (Å²) in [6.45, 7) is 1.57. The van der Waals surface area contributed by atoms with E-state index >= 15 is 0 Å². The fraction of sp³-hybridized carbons (Fsp3) is 0.0952. The van der Waals surface area contributed by atoms with E-state index in [1.165, 1.54) is 0 Å². The summed E-state index contributed by atoms with van der Waals surface area (Å²) >= 11 is 5.98. The van der Waals surface area contributed by atoms with Crippen molar-refractivity contribution >= 4 is 17.6 Å². The van der Waals surface area contributed by atoms with E-state index < -0.39 is 11.9 Å². The second-order valence-corrected chi connectivity index (χ2v) is 6.70. The number of hydrogen-bond acceptors (Lipinski definition) is 4. The highest BCUT2D eigenvalue weighted by atomic mass is 35.5. The molecule has 0 radical (unpaired) electrons. The Morgan fingerprint density at radius 3 is 2.50 bits per heavy atom. The fourth-order valence-corrected chi connectivity index (χ4v) is 3.03. The number of nitrogens with zero attached hydrogens (tertiary/aromatic N) is 3. The minimum atomic E-state index is -0.994. The number of carboxylic acid groups (broad SMARTS) is 1. The zero-order chi connectivity index (χ0) is 19.7. The van der Waals surface area contributed by atoms with Crippen LogP contribution in [-0.2, 0) is 4.79 Å². The van der Waals surface area contributed by atoms with E-state index in [0.29, 0.717) is 16.5 Å². The molecular weight excluding hydrogens is 378 g/mol. The van der Waals surface area contributed by atoms with Gasteiger partial charge >= 0.3 is 12.0 Å². The van der Waals surface area contributed by atoms with Gasteiger partial charge in [0.05, 0.1) is 0 Å². The van der Waals surface area contributed by atoms with Crippen molar-refractivity contribution < 1.29 is 14.3 Å². The molecule has 2 aromatic heterocycles. The van der Waals surface area contributed by atoms with Gasteiger partial charge in [0.2, 0.25) is 0 Å². The highest BCUT2D eigenvalue weighted by Crippen LogP contribution is 2.33. The highest BCUT2D eigenvalue weighted by molar-refractivity contribution is 6.30. The number of imidazole rings is 1. The predicted octanol–water partition coefficient (Wildman–Crippen LogP) is 5.04. The van der Waals surface area contributed by atoms with Crippen LogP contribution >= 0.6 is 11.6 Å². The van der Waals surface area contributed by atoms with Gasteiger partial charge in [-0.15, -0.1) is 0 Å². The number of hydrogen-bond donors (Lipinski definition) is 1. The lowest BCUT2D eigenvalue weighted by Crippen LogP contribution is -2.07. The summed E-state index contributed by atoms with van der Waals surface area (Å²) in [5, 5.41) is 10.1. The Balaban J connectivity index is 1.86. The molecular formula is C21H16ClN3O3. The van der Waals surface area contributed by atoms with Crippen LogP contribution in [0, 0.1) is 0 Å². The van der Waals surface area contributed by atoms with E-state index in [1.807, 2.05) is 30.3 Å². The van der Waals surface area contributed by atoms with Gasteiger partial charge in [0, 0.05) is 28.5 Å². The average molecular weight is 394 g/mol. The van der Waals surface area contributed by atoms with Gasteiger partial charge in [-0.3, -0.25) is 9.36 Å². The minimum Gasteiger partial charge on any atom is -0.481 e. The van der Waals surface area contributed by atoms with Gasteiger partial charge in [-0.2, -0.15) is 4.98 Å². The molecule has 1 N–H and O–H groups in total. The largest absolute Gasteiger partial charge is 0.481 e. The van der Waals surface area contributed by atoms with Crippen LogP contribution < -0.4 is 0 Å². The highest BCUT2D eigenvalue weighted by Gasteiger charge is 2.26. The molecule has 0 saturated heterocycles. The SMILES string of the molecule is CC(C(=O)O)c1oc(-n2ccnc2-c2ccccc2)nc1-c1ccc(Cl)cc1. The molecule has 0 aliphatic carbocycles. The summed E-state index contributed by atoms with van der Waals surface area (Å²) in [6, 6.07) is 16.9. The van der Waals surface area contributed by atoms with Crippen LogP contribution in [0.1, 0.15) is 18.6 Å². The molecule has 1 atom stereocenters. The first-order chi connectivity index (χ1) is 13.5. The van der Waals surface area contributed by atoms with Gasteiger partial charge in [-0.1, -0.05) is 54.1 Å². The molecule has 140 valence electrons. The number of benzene rings is 2. The quantitative estimate of drug-likeness (QED) is 0.514.